The first-order valence-electron chi connectivity index (χ1n) is 5.55. The Morgan fingerprint density at radius 2 is 2.16 bits per heavy atom. The van der Waals surface area contributed by atoms with E-state index in [1.165, 1.54) is 25.3 Å². The summed E-state index contributed by atoms with van der Waals surface area (Å²) in [4.78, 5) is 11.3. The highest BCUT2D eigenvalue weighted by Gasteiger charge is 2.31. The van der Waals surface area contributed by atoms with E-state index in [0.717, 1.165) is 4.31 Å². The van der Waals surface area contributed by atoms with Crippen LogP contribution in [0.1, 0.15) is 0 Å². The molecule has 1 saturated heterocycles. The maximum atomic E-state index is 12.4. The van der Waals surface area contributed by atoms with Crippen molar-refractivity contribution in [3.63, 3.8) is 0 Å². The number of methoxy groups -OCH3 is 1. The van der Waals surface area contributed by atoms with E-state index in [1.54, 1.807) is 0 Å². The highest BCUT2D eigenvalue weighted by Crippen LogP contribution is 2.29. The van der Waals surface area contributed by atoms with Gasteiger partial charge >= 0.3 is 0 Å². The van der Waals surface area contributed by atoms with Crippen LogP contribution < -0.4 is 10.1 Å². The van der Waals surface area contributed by atoms with Crippen LogP contribution in [0.25, 0.3) is 0 Å². The van der Waals surface area contributed by atoms with Crippen LogP contribution in [0.4, 0.5) is 0 Å². The summed E-state index contributed by atoms with van der Waals surface area (Å²) in [5, 5.41) is 2.96. The van der Waals surface area contributed by atoms with E-state index in [9.17, 15) is 13.2 Å². The number of hydrogen-bond acceptors (Lipinski definition) is 4. The van der Waals surface area contributed by atoms with Crippen molar-refractivity contribution in [2.45, 2.75) is 4.90 Å². The molecule has 1 aromatic carbocycles. The van der Waals surface area contributed by atoms with Crippen LogP contribution in [0, 0.1) is 0 Å². The Hall–Kier alpha value is -1.31. The average Bonchev–Trinajstić information content (AvgIpc) is 2.38. The number of benzene rings is 1. The topological polar surface area (TPSA) is 75.7 Å². The number of amides is 1. The van der Waals surface area contributed by atoms with Gasteiger partial charge in [-0.05, 0) is 12.1 Å². The van der Waals surface area contributed by atoms with Gasteiger partial charge in [-0.1, -0.05) is 11.6 Å². The lowest BCUT2D eigenvalue weighted by molar-refractivity contribution is -0.122. The molecule has 1 aliphatic rings. The molecular weight excluding hydrogens is 292 g/mol. The molecule has 6 nitrogen and oxygen atoms in total. The summed E-state index contributed by atoms with van der Waals surface area (Å²) in [5.74, 6) is -0.152. The van der Waals surface area contributed by atoms with Crippen molar-refractivity contribution in [1.82, 2.24) is 9.62 Å². The van der Waals surface area contributed by atoms with Gasteiger partial charge < -0.3 is 10.1 Å². The third-order valence-electron chi connectivity index (χ3n) is 2.75. The number of hydrogen-bond donors (Lipinski definition) is 1. The third kappa shape index (κ3) is 2.83. The Kier molecular flexibility index (Phi) is 3.98. The van der Waals surface area contributed by atoms with Crippen LogP contribution in [0.2, 0.25) is 5.02 Å². The van der Waals surface area contributed by atoms with E-state index in [-0.39, 0.29) is 29.6 Å². The summed E-state index contributed by atoms with van der Waals surface area (Å²) in [6.45, 7) is 0.349. The fraction of sp³-hybridized carbons (Fsp3) is 0.364. The molecule has 0 bridgehead atoms. The first kappa shape index (κ1) is 14.1. The number of carbonyl (C=O) groups is 1. The molecule has 2 rings (SSSR count). The van der Waals surface area contributed by atoms with Crippen LogP contribution in [0.3, 0.4) is 0 Å². The van der Waals surface area contributed by atoms with Crippen LogP contribution in [-0.4, -0.2) is 45.4 Å². The second-order valence-corrected chi connectivity index (χ2v) is 6.33. The van der Waals surface area contributed by atoms with Gasteiger partial charge in [-0.3, -0.25) is 4.79 Å². The lowest BCUT2D eigenvalue weighted by Crippen LogP contribution is -2.49. The predicted octanol–water partition coefficient (Wildman–Crippen LogP) is 0.469. The zero-order valence-corrected chi connectivity index (χ0v) is 11.8. The summed E-state index contributed by atoms with van der Waals surface area (Å²) < 4.78 is 31.1. The van der Waals surface area contributed by atoms with Gasteiger partial charge in [0, 0.05) is 24.2 Å². The fourth-order valence-electron chi connectivity index (χ4n) is 1.81. The zero-order chi connectivity index (χ0) is 14.0. The highest BCUT2D eigenvalue weighted by molar-refractivity contribution is 7.89. The molecule has 1 aliphatic heterocycles. The highest BCUT2D eigenvalue weighted by atomic mass is 35.5. The van der Waals surface area contributed by atoms with E-state index in [1.807, 2.05) is 0 Å². The molecule has 0 saturated carbocycles. The minimum Gasteiger partial charge on any atom is -0.495 e. The van der Waals surface area contributed by atoms with Gasteiger partial charge in [0.2, 0.25) is 15.9 Å². The van der Waals surface area contributed by atoms with Gasteiger partial charge in [-0.2, -0.15) is 4.31 Å². The molecule has 8 heteroatoms. The number of ether oxygens (including phenoxy) is 1. The Balaban J connectivity index is 2.41. The van der Waals surface area contributed by atoms with Gasteiger partial charge in [-0.25, -0.2) is 8.42 Å². The molecule has 0 unspecified atom stereocenters. The first-order valence-corrected chi connectivity index (χ1v) is 7.37. The van der Waals surface area contributed by atoms with E-state index >= 15 is 0 Å². The average molecular weight is 305 g/mol. The van der Waals surface area contributed by atoms with Crippen molar-refractivity contribution in [2.75, 3.05) is 26.7 Å². The van der Waals surface area contributed by atoms with E-state index in [0.29, 0.717) is 11.6 Å². The number of nitrogens with zero attached hydrogens (tertiary/aromatic N) is 1. The largest absolute Gasteiger partial charge is 0.495 e. The zero-order valence-electron chi connectivity index (χ0n) is 10.2. The Labute approximate surface area is 116 Å². The number of sulfonamides is 1. The summed E-state index contributed by atoms with van der Waals surface area (Å²) in [5.41, 5.74) is 0. The molecule has 1 aromatic rings. The summed E-state index contributed by atoms with van der Waals surface area (Å²) in [6.07, 6.45) is 0. The number of piperazine rings is 1. The van der Waals surface area contributed by atoms with Crippen molar-refractivity contribution in [1.29, 1.82) is 0 Å². The molecule has 1 fully saturated rings. The Morgan fingerprint density at radius 1 is 1.42 bits per heavy atom. The van der Waals surface area contributed by atoms with Gasteiger partial charge in [-0.15, -0.1) is 0 Å². The standard InChI is InChI=1S/C11H13ClN2O4S/c1-18-9-6-8(12)2-3-10(9)19(16,17)14-5-4-13-11(15)7-14/h2-3,6H,4-5,7H2,1H3,(H,13,15). The maximum absolute atomic E-state index is 12.4. The number of halogens is 1. The minimum absolute atomic E-state index is 0.00843. The molecule has 1 N–H and O–H groups in total. The first-order chi connectivity index (χ1) is 8.95. The second kappa shape index (κ2) is 5.36. The van der Waals surface area contributed by atoms with Crippen LogP contribution in [0.15, 0.2) is 23.1 Å². The van der Waals surface area contributed by atoms with Crippen LogP contribution in [-0.2, 0) is 14.8 Å². The summed E-state index contributed by atoms with van der Waals surface area (Å²) >= 11 is 5.80. The van der Waals surface area contributed by atoms with Crippen LogP contribution in [0.5, 0.6) is 5.75 Å². The molecule has 1 heterocycles. The third-order valence-corrected chi connectivity index (χ3v) is 4.87. The van der Waals surface area contributed by atoms with Gasteiger partial charge in [0.15, 0.2) is 0 Å². The van der Waals surface area contributed by atoms with Crippen molar-refractivity contribution in [2.24, 2.45) is 0 Å². The lowest BCUT2D eigenvalue weighted by Gasteiger charge is -2.26. The Bertz CT molecular complexity index is 603. The summed E-state index contributed by atoms with van der Waals surface area (Å²) in [7, 11) is -2.40. The smallest absolute Gasteiger partial charge is 0.247 e. The maximum Gasteiger partial charge on any atom is 0.247 e. The predicted molar refractivity (Wildman–Crippen MR) is 69.8 cm³/mol. The second-order valence-electron chi connectivity index (χ2n) is 3.98. The molecule has 19 heavy (non-hydrogen) atoms. The Morgan fingerprint density at radius 3 is 2.79 bits per heavy atom. The van der Waals surface area contributed by atoms with Crippen molar-refractivity contribution in [3.8, 4) is 5.75 Å². The normalized spacial score (nSPS) is 17.1. The minimum atomic E-state index is -3.77. The SMILES string of the molecule is COc1cc(Cl)ccc1S(=O)(=O)N1CCNC(=O)C1. The molecule has 1 amide bonds. The van der Waals surface area contributed by atoms with Crippen molar-refractivity contribution < 1.29 is 17.9 Å². The number of carbonyl (C=O) groups excluding carboxylic acids is 1. The molecule has 0 aliphatic carbocycles. The monoisotopic (exact) mass is 304 g/mol. The van der Waals surface area contributed by atoms with E-state index in [4.69, 9.17) is 16.3 Å². The van der Waals surface area contributed by atoms with Crippen molar-refractivity contribution >= 4 is 27.5 Å². The van der Waals surface area contributed by atoms with Crippen molar-refractivity contribution in [3.05, 3.63) is 23.2 Å². The molecule has 0 spiro atoms. The fourth-order valence-corrected chi connectivity index (χ4v) is 3.51. The van der Waals surface area contributed by atoms with Gasteiger partial charge in [0.1, 0.15) is 10.6 Å². The lowest BCUT2D eigenvalue weighted by atomic mass is 10.3. The molecular formula is C11H13ClN2O4S. The molecule has 104 valence electrons. The van der Waals surface area contributed by atoms with E-state index in [2.05, 4.69) is 5.32 Å². The van der Waals surface area contributed by atoms with Crippen LogP contribution >= 0.6 is 11.6 Å². The molecule has 0 aromatic heterocycles. The van der Waals surface area contributed by atoms with E-state index < -0.39 is 10.0 Å². The van der Waals surface area contributed by atoms with Gasteiger partial charge in [0.05, 0.1) is 13.7 Å². The van der Waals surface area contributed by atoms with Gasteiger partial charge in [0.25, 0.3) is 0 Å². The summed E-state index contributed by atoms with van der Waals surface area (Å²) in [6, 6.07) is 4.28. The molecule has 0 radical (unpaired) electrons. The quantitative estimate of drug-likeness (QED) is 0.881. The molecule has 0 atom stereocenters. The number of rotatable bonds is 3. The number of nitrogens with one attached hydrogen (secondary N) is 1.